The zero-order chi connectivity index (χ0) is 36.5. The smallest absolute Gasteiger partial charge is 0.335 e. The SMILES string of the molecule is CC(C)N(C1(C(=O)O)CC1)S(=O)(=O)c1cccc(C(=O)Cc2sc3c(c2C(=O)Nc2ccc(CCc4ccc(C(=O)O)cc4)cc2)CCCC3)c1. The minimum atomic E-state index is -4.23. The summed E-state index contributed by atoms with van der Waals surface area (Å²) in [6.45, 7) is 3.28. The van der Waals surface area contributed by atoms with Crippen molar-refractivity contribution in [1.29, 1.82) is 0 Å². The number of carbonyl (C=O) groups excluding carboxylic acids is 2. The molecule has 2 aliphatic rings. The van der Waals surface area contributed by atoms with Gasteiger partial charge >= 0.3 is 11.9 Å². The number of nitrogens with zero attached hydrogens (tertiary/aromatic N) is 1. The standard InChI is InChI=1S/C39H40N2O8S2/c1-24(2)41(39(20-21-39)38(46)47)51(48,49)30-7-5-6-28(22-30)32(42)23-34-35(31-8-3-4-9-33(31)50-34)36(43)40-29-18-14-26(15-19-29)11-10-25-12-16-27(17-13-25)37(44)45/h5-7,12-19,22,24H,3-4,8-11,20-21,23H2,1-2H3,(H,40,43)(H,44,45)(H,46,47). The largest absolute Gasteiger partial charge is 0.480 e. The second kappa shape index (κ2) is 14.5. The number of amides is 1. The Morgan fingerprint density at radius 2 is 1.49 bits per heavy atom. The molecule has 10 nitrogen and oxygen atoms in total. The number of benzene rings is 3. The molecular weight excluding hydrogens is 689 g/mol. The minimum absolute atomic E-state index is 0.0801. The molecule has 1 saturated carbocycles. The average Bonchev–Trinajstić information content (AvgIpc) is 3.81. The van der Waals surface area contributed by atoms with Gasteiger partial charge in [0.25, 0.3) is 5.91 Å². The van der Waals surface area contributed by atoms with Crippen molar-refractivity contribution in [1.82, 2.24) is 4.31 Å². The van der Waals surface area contributed by atoms with Crippen molar-refractivity contribution in [2.24, 2.45) is 0 Å². The zero-order valence-electron chi connectivity index (χ0n) is 28.5. The number of hydrogen-bond acceptors (Lipinski definition) is 7. The normalized spacial score (nSPS) is 15.0. The van der Waals surface area contributed by atoms with E-state index in [-0.39, 0.29) is 47.0 Å². The summed E-state index contributed by atoms with van der Waals surface area (Å²) in [5, 5.41) is 22.0. The molecule has 266 valence electrons. The predicted octanol–water partition coefficient (Wildman–Crippen LogP) is 6.80. The summed E-state index contributed by atoms with van der Waals surface area (Å²) in [4.78, 5) is 52.4. The number of nitrogens with one attached hydrogen (secondary N) is 1. The summed E-state index contributed by atoms with van der Waals surface area (Å²) >= 11 is 1.46. The number of anilines is 1. The molecule has 1 fully saturated rings. The minimum Gasteiger partial charge on any atom is -0.480 e. The van der Waals surface area contributed by atoms with E-state index in [1.54, 1.807) is 32.0 Å². The highest BCUT2D eigenvalue weighted by atomic mass is 32.2. The third-order valence-corrected chi connectivity index (χ3v) is 13.1. The van der Waals surface area contributed by atoms with Crippen LogP contribution in [0.25, 0.3) is 0 Å². The van der Waals surface area contributed by atoms with E-state index in [2.05, 4.69) is 5.32 Å². The molecule has 3 aromatic carbocycles. The second-order valence-corrected chi connectivity index (χ2v) is 16.5. The van der Waals surface area contributed by atoms with Crippen molar-refractivity contribution in [2.45, 2.75) is 88.1 Å². The molecule has 2 aliphatic carbocycles. The first kappa shape index (κ1) is 36.2. The van der Waals surface area contributed by atoms with E-state index in [0.29, 0.717) is 16.1 Å². The van der Waals surface area contributed by atoms with Crippen LogP contribution in [-0.4, -0.2) is 58.1 Å². The van der Waals surface area contributed by atoms with Gasteiger partial charge in [-0.15, -0.1) is 11.3 Å². The van der Waals surface area contributed by atoms with Gasteiger partial charge in [-0.1, -0.05) is 36.4 Å². The number of carboxylic acid groups (broad SMARTS) is 2. The van der Waals surface area contributed by atoms with E-state index in [1.807, 2.05) is 36.4 Å². The van der Waals surface area contributed by atoms with E-state index < -0.39 is 33.5 Å². The van der Waals surface area contributed by atoms with Crippen molar-refractivity contribution >= 4 is 50.7 Å². The lowest BCUT2D eigenvalue weighted by atomic mass is 9.93. The molecule has 51 heavy (non-hydrogen) atoms. The number of carboxylic acids is 2. The van der Waals surface area contributed by atoms with Gasteiger partial charge in [-0.3, -0.25) is 14.4 Å². The second-order valence-electron chi connectivity index (χ2n) is 13.5. The third kappa shape index (κ3) is 7.53. The highest BCUT2D eigenvalue weighted by Crippen LogP contribution is 2.46. The lowest BCUT2D eigenvalue weighted by Gasteiger charge is -2.31. The monoisotopic (exact) mass is 728 g/mol. The molecule has 0 aliphatic heterocycles. The fraction of sp³-hybridized carbons (Fsp3) is 0.333. The number of aliphatic carboxylic acids is 1. The van der Waals surface area contributed by atoms with Crippen LogP contribution in [0.4, 0.5) is 5.69 Å². The van der Waals surface area contributed by atoms with E-state index in [4.69, 9.17) is 5.11 Å². The van der Waals surface area contributed by atoms with Crippen LogP contribution in [0.2, 0.25) is 0 Å². The molecule has 1 amide bonds. The fourth-order valence-corrected chi connectivity index (χ4v) is 10.3. The Bertz CT molecular complexity index is 2100. The van der Waals surface area contributed by atoms with Crippen molar-refractivity contribution in [3.63, 3.8) is 0 Å². The Morgan fingerprint density at radius 3 is 2.08 bits per heavy atom. The number of thiophene rings is 1. The molecule has 0 saturated heterocycles. The number of Topliss-reactive ketones (excluding diaryl/α,β-unsaturated/α-hetero) is 1. The molecule has 0 bridgehead atoms. The van der Waals surface area contributed by atoms with Crippen LogP contribution < -0.4 is 5.32 Å². The Labute approximate surface area is 301 Å². The molecule has 3 N–H and O–H groups in total. The van der Waals surface area contributed by atoms with Crippen molar-refractivity contribution in [3.05, 3.63) is 116 Å². The fourth-order valence-electron chi connectivity index (χ4n) is 6.90. The Kier molecular flexibility index (Phi) is 10.3. The Hall–Kier alpha value is -4.65. The molecule has 0 radical (unpaired) electrons. The van der Waals surface area contributed by atoms with Gasteiger partial charge in [-0.05, 0) is 118 Å². The van der Waals surface area contributed by atoms with Crippen LogP contribution in [0.5, 0.6) is 0 Å². The first-order chi connectivity index (χ1) is 24.3. The molecule has 0 atom stereocenters. The summed E-state index contributed by atoms with van der Waals surface area (Å²) in [5.74, 6) is -2.77. The molecule has 1 heterocycles. The number of carbonyl (C=O) groups is 4. The van der Waals surface area contributed by atoms with Gasteiger partial charge in [-0.25, -0.2) is 13.2 Å². The van der Waals surface area contributed by atoms with Gasteiger partial charge in [-0.2, -0.15) is 4.31 Å². The molecule has 12 heteroatoms. The molecule has 1 aromatic heterocycles. The lowest BCUT2D eigenvalue weighted by molar-refractivity contribution is -0.143. The van der Waals surface area contributed by atoms with Gasteiger partial charge < -0.3 is 15.5 Å². The number of aryl methyl sites for hydroxylation is 3. The zero-order valence-corrected chi connectivity index (χ0v) is 30.1. The van der Waals surface area contributed by atoms with Crippen LogP contribution >= 0.6 is 11.3 Å². The van der Waals surface area contributed by atoms with Gasteiger partial charge in [0.2, 0.25) is 10.0 Å². The maximum absolute atomic E-state index is 13.8. The highest BCUT2D eigenvalue weighted by Gasteiger charge is 2.60. The van der Waals surface area contributed by atoms with Crippen LogP contribution in [0.3, 0.4) is 0 Å². The van der Waals surface area contributed by atoms with E-state index in [9.17, 15) is 32.7 Å². The van der Waals surface area contributed by atoms with Gasteiger partial charge in [0.05, 0.1) is 16.0 Å². The maximum Gasteiger partial charge on any atom is 0.335 e. The maximum atomic E-state index is 13.8. The van der Waals surface area contributed by atoms with Crippen LogP contribution in [0.15, 0.2) is 77.7 Å². The number of sulfonamides is 1. The number of rotatable bonds is 14. The quantitative estimate of drug-likeness (QED) is 0.120. The number of ketones is 1. The number of hydrogen-bond donors (Lipinski definition) is 3. The average molecular weight is 729 g/mol. The van der Waals surface area contributed by atoms with Gasteiger partial charge in [0.15, 0.2) is 5.78 Å². The first-order valence-corrected chi connectivity index (χ1v) is 19.3. The molecule has 4 aromatic rings. The van der Waals surface area contributed by atoms with E-state index in [1.165, 1.54) is 29.5 Å². The number of fused-ring (bicyclic) bond motifs is 1. The molecule has 0 spiro atoms. The summed E-state index contributed by atoms with van der Waals surface area (Å²) in [5.41, 5.74) is 3.10. The topological polar surface area (TPSA) is 158 Å². The van der Waals surface area contributed by atoms with Crippen molar-refractivity contribution < 1.29 is 37.8 Å². The van der Waals surface area contributed by atoms with Crippen LogP contribution in [-0.2, 0) is 46.9 Å². The predicted molar refractivity (Wildman–Crippen MR) is 194 cm³/mol. The van der Waals surface area contributed by atoms with Gasteiger partial charge in [0.1, 0.15) is 5.54 Å². The summed E-state index contributed by atoms with van der Waals surface area (Å²) in [7, 11) is -4.23. The summed E-state index contributed by atoms with van der Waals surface area (Å²) in [6.07, 6.45) is 5.34. The summed E-state index contributed by atoms with van der Waals surface area (Å²) in [6, 6.07) is 19.5. The van der Waals surface area contributed by atoms with E-state index >= 15 is 0 Å². The molecule has 6 rings (SSSR count). The molecule has 0 unspecified atom stereocenters. The Balaban J connectivity index is 1.18. The van der Waals surface area contributed by atoms with Crippen LogP contribution in [0.1, 0.15) is 97.0 Å². The van der Waals surface area contributed by atoms with Crippen molar-refractivity contribution in [3.8, 4) is 0 Å². The number of aromatic carboxylic acids is 1. The van der Waals surface area contributed by atoms with Gasteiger partial charge in [0, 0.05) is 33.5 Å². The Morgan fingerprint density at radius 1 is 0.863 bits per heavy atom. The van der Waals surface area contributed by atoms with E-state index in [0.717, 1.165) is 64.4 Å². The van der Waals surface area contributed by atoms with Crippen LogP contribution in [0, 0.1) is 0 Å². The lowest BCUT2D eigenvalue weighted by Crippen LogP contribution is -2.50. The highest BCUT2D eigenvalue weighted by molar-refractivity contribution is 7.89. The first-order valence-electron chi connectivity index (χ1n) is 17.1. The van der Waals surface area contributed by atoms with Crippen molar-refractivity contribution in [2.75, 3.05) is 5.32 Å². The molecular formula is C39H40N2O8S2. The summed E-state index contributed by atoms with van der Waals surface area (Å²) < 4.78 is 28.6. The third-order valence-electron chi connectivity index (χ3n) is 9.63.